The van der Waals surface area contributed by atoms with E-state index in [2.05, 4.69) is 5.32 Å². The molecule has 0 radical (unpaired) electrons. The fourth-order valence-corrected chi connectivity index (χ4v) is 3.90. The number of amides is 1. The van der Waals surface area contributed by atoms with Gasteiger partial charge in [0.15, 0.2) is 6.54 Å². The third kappa shape index (κ3) is 4.62. The van der Waals surface area contributed by atoms with Gasteiger partial charge >= 0.3 is 0 Å². The lowest BCUT2D eigenvalue weighted by molar-refractivity contribution is -0.910. The summed E-state index contributed by atoms with van der Waals surface area (Å²) in [6, 6.07) is 10.00. The number of carbonyl (C=O) groups is 1. The fourth-order valence-electron chi connectivity index (χ4n) is 3.90. The predicted octanol–water partition coefficient (Wildman–Crippen LogP) is 1.98. The van der Waals surface area contributed by atoms with Crippen LogP contribution in [0.15, 0.2) is 36.4 Å². The zero-order chi connectivity index (χ0) is 21.7. The summed E-state index contributed by atoms with van der Waals surface area (Å²) in [4.78, 5) is 24.3. The zero-order valence-corrected chi connectivity index (χ0v) is 17.3. The quantitative estimate of drug-likeness (QED) is 0.504. The van der Waals surface area contributed by atoms with Crippen LogP contribution in [0.3, 0.4) is 0 Å². The molecule has 1 amide bonds. The summed E-state index contributed by atoms with van der Waals surface area (Å²) in [5, 5.41) is 13.8. The molecule has 0 aromatic heterocycles. The molecule has 2 N–H and O–H groups in total. The maximum absolute atomic E-state index is 12.7. The topological polar surface area (TPSA) is 104 Å². The van der Waals surface area contributed by atoms with Gasteiger partial charge in [-0.3, -0.25) is 14.9 Å². The van der Waals surface area contributed by atoms with Gasteiger partial charge in [0.2, 0.25) is 0 Å². The van der Waals surface area contributed by atoms with Crippen LogP contribution in [-0.4, -0.2) is 45.2 Å². The molecule has 160 valence electrons. The number of quaternary nitrogens is 1. The molecule has 2 aromatic rings. The number of rotatable bonds is 8. The van der Waals surface area contributed by atoms with Crippen molar-refractivity contribution in [3.63, 3.8) is 0 Å². The Bertz CT molecular complexity index is 933. The highest BCUT2D eigenvalue weighted by Gasteiger charge is 2.34. The Labute approximate surface area is 174 Å². The minimum absolute atomic E-state index is 0.0957. The Hall–Kier alpha value is -3.33. The number of ether oxygens (including phenoxy) is 3. The number of nitro groups is 1. The molecule has 1 saturated heterocycles. The van der Waals surface area contributed by atoms with Gasteiger partial charge in [0.25, 0.3) is 11.6 Å². The Balaban J connectivity index is 1.73. The zero-order valence-electron chi connectivity index (χ0n) is 17.3. The van der Waals surface area contributed by atoms with E-state index in [1.165, 1.54) is 25.3 Å². The summed E-state index contributed by atoms with van der Waals surface area (Å²) in [7, 11) is 4.64. The Morgan fingerprint density at radius 2 is 1.90 bits per heavy atom. The van der Waals surface area contributed by atoms with E-state index < -0.39 is 4.92 Å². The highest BCUT2D eigenvalue weighted by molar-refractivity contribution is 5.93. The van der Waals surface area contributed by atoms with Crippen LogP contribution in [0.2, 0.25) is 0 Å². The van der Waals surface area contributed by atoms with Gasteiger partial charge in [0.1, 0.15) is 23.3 Å². The number of carbonyl (C=O) groups excluding carboxylic acids is 1. The molecule has 9 nitrogen and oxygen atoms in total. The first-order valence-corrected chi connectivity index (χ1v) is 9.65. The molecule has 1 heterocycles. The number of hydrogen-bond donors (Lipinski definition) is 2. The molecular weight excluding hydrogens is 390 g/mol. The average Bonchev–Trinajstić information content (AvgIpc) is 3.20. The number of likely N-dealkylation sites (tertiary alicyclic amines) is 1. The van der Waals surface area contributed by atoms with Crippen molar-refractivity contribution in [1.82, 2.24) is 0 Å². The first kappa shape index (κ1) is 21.4. The summed E-state index contributed by atoms with van der Waals surface area (Å²) in [6.45, 7) is 1.13. The van der Waals surface area contributed by atoms with Crippen molar-refractivity contribution >= 4 is 17.3 Å². The second-order valence-corrected chi connectivity index (χ2v) is 7.08. The van der Waals surface area contributed by atoms with E-state index >= 15 is 0 Å². The number of nitro benzene ring substituents is 1. The van der Waals surface area contributed by atoms with Gasteiger partial charge in [-0.05, 0) is 18.2 Å². The molecule has 1 aliphatic rings. The molecule has 0 saturated carbocycles. The van der Waals surface area contributed by atoms with E-state index in [-0.39, 0.29) is 29.9 Å². The Morgan fingerprint density at radius 3 is 2.57 bits per heavy atom. The Kier molecular flexibility index (Phi) is 6.73. The number of nitrogens with one attached hydrogen (secondary N) is 2. The molecule has 0 bridgehead atoms. The number of methoxy groups -OCH3 is 3. The van der Waals surface area contributed by atoms with E-state index in [0.717, 1.165) is 41.3 Å². The molecule has 0 spiro atoms. The van der Waals surface area contributed by atoms with Crippen molar-refractivity contribution in [3.8, 4) is 17.2 Å². The van der Waals surface area contributed by atoms with Crippen LogP contribution in [-0.2, 0) is 4.79 Å². The largest absolute Gasteiger partial charge is 0.497 e. The fraction of sp³-hybridized carbons (Fsp3) is 0.381. The molecule has 2 atom stereocenters. The molecule has 9 heteroatoms. The van der Waals surface area contributed by atoms with Crippen LogP contribution in [0.25, 0.3) is 0 Å². The van der Waals surface area contributed by atoms with Crippen molar-refractivity contribution in [2.75, 3.05) is 39.7 Å². The van der Waals surface area contributed by atoms with E-state index in [4.69, 9.17) is 14.2 Å². The van der Waals surface area contributed by atoms with Gasteiger partial charge < -0.3 is 24.4 Å². The van der Waals surface area contributed by atoms with Crippen LogP contribution in [0, 0.1) is 10.1 Å². The summed E-state index contributed by atoms with van der Waals surface area (Å²) < 4.78 is 16.0. The molecule has 3 rings (SSSR count). The maximum Gasteiger partial charge on any atom is 0.279 e. The first-order valence-electron chi connectivity index (χ1n) is 9.65. The molecular formula is C21H26N3O6+. The summed E-state index contributed by atoms with van der Waals surface area (Å²) >= 11 is 0. The average molecular weight is 416 g/mol. The first-order chi connectivity index (χ1) is 14.5. The lowest BCUT2D eigenvalue weighted by Crippen LogP contribution is -3.11. The van der Waals surface area contributed by atoms with E-state index in [0.29, 0.717) is 5.69 Å². The third-order valence-corrected chi connectivity index (χ3v) is 5.36. The summed E-state index contributed by atoms with van der Waals surface area (Å²) in [6.07, 6.45) is 1.95. The van der Waals surface area contributed by atoms with Crippen LogP contribution in [0.4, 0.5) is 11.4 Å². The van der Waals surface area contributed by atoms with E-state index in [1.807, 2.05) is 18.2 Å². The smallest absolute Gasteiger partial charge is 0.279 e. The summed E-state index contributed by atoms with van der Waals surface area (Å²) in [5.74, 6) is 1.54. The second-order valence-electron chi connectivity index (χ2n) is 7.08. The minimum atomic E-state index is -0.505. The molecule has 1 fully saturated rings. The van der Waals surface area contributed by atoms with Gasteiger partial charge in [0.05, 0.1) is 50.1 Å². The van der Waals surface area contributed by atoms with Crippen molar-refractivity contribution < 1.29 is 28.8 Å². The van der Waals surface area contributed by atoms with Crippen molar-refractivity contribution in [2.24, 2.45) is 0 Å². The number of hydrogen-bond acceptors (Lipinski definition) is 6. The molecule has 0 aliphatic carbocycles. The number of anilines is 1. The normalized spacial score (nSPS) is 18.0. The number of non-ortho nitro benzene ring substituents is 1. The standard InChI is InChI=1S/C21H25N3O6/c1-28-15-7-8-16(19(12-15)29-2)18-5-4-10-23(18)13-21(25)22-17-9-6-14(24(26)27)11-20(17)30-3/h6-9,11-12,18H,4-5,10,13H2,1-3H3,(H,22,25)/p+1/t18-/m1/s1. The molecule has 1 aliphatic heterocycles. The van der Waals surface area contributed by atoms with Crippen LogP contribution in [0.5, 0.6) is 17.2 Å². The highest BCUT2D eigenvalue weighted by Crippen LogP contribution is 2.32. The van der Waals surface area contributed by atoms with Crippen molar-refractivity contribution in [2.45, 2.75) is 18.9 Å². The number of benzene rings is 2. The third-order valence-electron chi connectivity index (χ3n) is 5.36. The van der Waals surface area contributed by atoms with Gasteiger partial charge in [0, 0.05) is 25.0 Å². The number of nitrogens with zero attached hydrogens (tertiary/aromatic N) is 1. The lowest BCUT2D eigenvalue weighted by atomic mass is 10.0. The predicted molar refractivity (Wildman–Crippen MR) is 110 cm³/mol. The van der Waals surface area contributed by atoms with Crippen molar-refractivity contribution in [3.05, 3.63) is 52.1 Å². The van der Waals surface area contributed by atoms with E-state index in [1.54, 1.807) is 14.2 Å². The van der Waals surface area contributed by atoms with Crippen LogP contribution < -0.4 is 24.4 Å². The van der Waals surface area contributed by atoms with Gasteiger partial charge in [-0.15, -0.1) is 0 Å². The molecule has 30 heavy (non-hydrogen) atoms. The Morgan fingerprint density at radius 1 is 1.13 bits per heavy atom. The SMILES string of the molecule is COc1ccc([C@H]2CCC[NH+]2CC(=O)Nc2ccc([N+](=O)[O-])cc2OC)c(OC)c1. The van der Waals surface area contributed by atoms with Crippen LogP contribution >= 0.6 is 0 Å². The van der Waals surface area contributed by atoms with Gasteiger partial charge in [-0.1, -0.05) is 0 Å². The maximum atomic E-state index is 12.7. The lowest BCUT2D eigenvalue weighted by Gasteiger charge is -2.23. The molecule has 2 aromatic carbocycles. The highest BCUT2D eigenvalue weighted by atomic mass is 16.6. The second kappa shape index (κ2) is 9.45. The summed E-state index contributed by atoms with van der Waals surface area (Å²) in [5.41, 5.74) is 1.36. The minimum Gasteiger partial charge on any atom is -0.497 e. The van der Waals surface area contributed by atoms with Crippen molar-refractivity contribution in [1.29, 1.82) is 0 Å². The molecule has 1 unspecified atom stereocenters. The van der Waals surface area contributed by atoms with Gasteiger partial charge in [-0.25, -0.2) is 0 Å². The monoisotopic (exact) mass is 416 g/mol. The van der Waals surface area contributed by atoms with Gasteiger partial charge in [-0.2, -0.15) is 0 Å². The van der Waals surface area contributed by atoms with E-state index in [9.17, 15) is 14.9 Å². The van der Waals surface area contributed by atoms with Crippen LogP contribution in [0.1, 0.15) is 24.4 Å².